The average Bonchev–Trinajstić information content (AvgIpc) is 2.89. The summed E-state index contributed by atoms with van der Waals surface area (Å²) in [5.41, 5.74) is 2.74. The predicted octanol–water partition coefficient (Wildman–Crippen LogP) is 3.87. The topological polar surface area (TPSA) is 40.5 Å². The maximum atomic E-state index is 10.7. The zero-order valence-electron chi connectivity index (χ0n) is 11.1. The molecule has 2 aliphatic carbocycles. The van der Waals surface area contributed by atoms with E-state index in [4.69, 9.17) is 0 Å². The molecule has 2 nitrogen and oxygen atoms in total. The third-order valence-electron chi connectivity index (χ3n) is 4.81. The van der Waals surface area contributed by atoms with Crippen molar-refractivity contribution in [1.29, 1.82) is 0 Å². The minimum Gasteiger partial charge on any atom is -0.507 e. The van der Waals surface area contributed by atoms with E-state index in [1.165, 1.54) is 0 Å². The summed E-state index contributed by atoms with van der Waals surface area (Å²) >= 11 is 0. The summed E-state index contributed by atoms with van der Waals surface area (Å²) in [7, 11) is 0. The molecular weight excluding hydrogens is 236 g/mol. The van der Waals surface area contributed by atoms with Gasteiger partial charge in [0.1, 0.15) is 11.5 Å². The summed E-state index contributed by atoms with van der Waals surface area (Å²) in [5, 5.41) is 22.9. The monoisotopic (exact) mass is 252 g/mol. The van der Waals surface area contributed by atoms with Crippen molar-refractivity contribution in [1.82, 2.24) is 0 Å². The molecule has 2 aromatic rings. The molecule has 0 saturated carbocycles. The molecule has 0 aromatic heterocycles. The van der Waals surface area contributed by atoms with E-state index in [0.717, 1.165) is 33.9 Å². The van der Waals surface area contributed by atoms with Crippen LogP contribution in [-0.4, -0.2) is 10.2 Å². The number of fused-ring (bicyclic) bond motifs is 6. The van der Waals surface area contributed by atoms with Crippen molar-refractivity contribution in [3.63, 3.8) is 0 Å². The first-order valence-electron chi connectivity index (χ1n) is 6.70. The highest BCUT2D eigenvalue weighted by Gasteiger charge is 2.46. The van der Waals surface area contributed by atoms with Crippen LogP contribution in [0.4, 0.5) is 0 Å². The lowest BCUT2D eigenvalue weighted by molar-refractivity contribution is 0.453. The Morgan fingerprint density at radius 3 is 2.79 bits per heavy atom. The maximum absolute atomic E-state index is 10.7. The molecule has 2 N–H and O–H groups in total. The van der Waals surface area contributed by atoms with Gasteiger partial charge in [0, 0.05) is 33.2 Å². The number of aryl methyl sites for hydroxylation is 1. The van der Waals surface area contributed by atoms with Gasteiger partial charge in [-0.1, -0.05) is 37.3 Å². The molecule has 0 aliphatic heterocycles. The second kappa shape index (κ2) is 3.13. The van der Waals surface area contributed by atoms with E-state index in [1.807, 2.05) is 25.1 Å². The number of phenols is 2. The predicted molar refractivity (Wildman–Crippen MR) is 75.9 cm³/mol. The van der Waals surface area contributed by atoms with Crippen LogP contribution in [0.25, 0.3) is 10.8 Å². The minimum atomic E-state index is -0.125. The van der Waals surface area contributed by atoms with Gasteiger partial charge in [0.05, 0.1) is 0 Å². The van der Waals surface area contributed by atoms with E-state index in [0.29, 0.717) is 11.5 Å². The Balaban J connectivity index is 2.24. The van der Waals surface area contributed by atoms with E-state index in [2.05, 4.69) is 19.1 Å². The van der Waals surface area contributed by atoms with Crippen molar-refractivity contribution in [2.24, 2.45) is 0 Å². The van der Waals surface area contributed by atoms with Crippen LogP contribution in [-0.2, 0) is 5.41 Å². The lowest BCUT2D eigenvalue weighted by Gasteiger charge is -2.24. The number of aromatic hydroxyl groups is 2. The number of hydrogen-bond donors (Lipinski definition) is 2. The second-order valence-corrected chi connectivity index (χ2v) is 6.07. The van der Waals surface area contributed by atoms with Crippen molar-refractivity contribution in [3.05, 3.63) is 47.0 Å². The molecule has 2 atom stereocenters. The minimum absolute atomic E-state index is 0.125. The molecular formula is C17H16O2. The van der Waals surface area contributed by atoms with Crippen molar-refractivity contribution in [2.75, 3.05) is 0 Å². The molecule has 2 heteroatoms. The molecule has 0 heterocycles. The fraction of sp³-hybridized carbons (Fsp3) is 0.294. The van der Waals surface area contributed by atoms with Gasteiger partial charge in [0.25, 0.3) is 0 Å². The number of rotatable bonds is 0. The summed E-state index contributed by atoms with van der Waals surface area (Å²) in [6.07, 6.45) is 5.28. The molecule has 96 valence electrons. The number of benzene rings is 2. The number of allylic oxidation sites excluding steroid dienone is 2. The summed E-state index contributed by atoms with van der Waals surface area (Å²) in [5.74, 6) is 0.953. The second-order valence-electron chi connectivity index (χ2n) is 6.07. The zero-order chi connectivity index (χ0) is 13.4. The first-order chi connectivity index (χ1) is 9.03. The normalized spacial score (nSPS) is 27.2. The number of hydrogen-bond acceptors (Lipinski definition) is 2. The van der Waals surface area contributed by atoms with Crippen LogP contribution >= 0.6 is 0 Å². The first kappa shape index (κ1) is 10.9. The van der Waals surface area contributed by atoms with Crippen LogP contribution in [0.5, 0.6) is 11.5 Å². The van der Waals surface area contributed by atoms with Gasteiger partial charge < -0.3 is 10.2 Å². The van der Waals surface area contributed by atoms with Crippen molar-refractivity contribution in [2.45, 2.75) is 31.6 Å². The van der Waals surface area contributed by atoms with E-state index in [1.54, 1.807) is 0 Å². The van der Waals surface area contributed by atoms with Gasteiger partial charge in [-0.15, -0.1) is 0 Å². The Hall–Kier alpha value is -1.96. The summed E-state index contributed by atoms with van der Waals surface area (Å²) in [6.45, 7) is 4.11. The van der Waals surface area contributed by atoms with Crippen LogP contribution < -0.4 is 0 Å². The molecule has 2 bridgehead atoms. The molecule has 2 unspecified atom stereocenters. The van der Waals surface area contributed by atoms with Gasteiger partial charge in [-0.3, -0.25) is 0 Å². The Bertz CT molecular complexity index is 758. The van der Waals surface area contributed by atoms with E-state index >= 15 is 0 Å². The molecule has 0 spiro atoms. The summed E-state index contributed by atoms with van der Waals surface area (Å²) in [6, 6.07) is 5.78. The van der Waals surface area contributed by atoms with Gasteiger partial charge in [-0.2, -0.15) is 0 Å². The molecule has 19 heavy (non-hydrogen) atoms. The highest BCUT2D eigenvalue weighted by Crippen LogP contribution is 2.60. The fourth-order valence-electron chi connectivity index (χ4n) is 3.94. The smallest absolute Gasteiger partial charge is 0.128 e. The van der Waals surface area contributed by atoms with E-state index < -0.39 is 0 Å². The van der Waals surface area contributed by atoms with Crippen molar-refractivity contribution in [3.8, 4) is 11.5 Å². The standard InChI is InChI=1S/C17H16O2/c1-9-4-3-5-11-12(9)16(19)13-10-6-7-17(2,8-10)14(13)15(11)18/h3-7,10,18-19H,8H2,1-2H3. The third kappa shape index (κ3) is 1.12. The molecule has 0 saturated heterocycles. The molecule has 0 fully saturated rings. The first-order valence-corrected chi connectivity index (χ1v) is 6.70. The highest BCUT2D eigenvalue weighted by atomic mass is 16.3. The lowest BCUT2D eigenvalue weighted by Crippen LogP contribution is -2.13. The molecule has 0 amide bonds. The van der Waals surface area contributed by atoms with Crippen LogP contribution in [0.3, 0.4) is 0 Å². The Morgan fingerprint density at radius 1 is 1.21 bits per heavy atom. The Kier molecular flexibility index (Phi) is 1.80. The van der Waals surface area contributed by atoms with Gasteiger partial charge in [0.15, 0.2) is 0 Å². The average molecular weight is 252 g/mol. The molecule has 4 rings (SSSR count). The van der Waals surface area contributed by atoms with Gasteiger partial charge in [-0.25, -0.2) is 0 Å². The van der Waals surface area contributed by atoms with E-state index in [9.17, 15) is 10.2 Å². The maximum Gasteiger partial charge on any atom is 0.128 e. The van der Waals surface area contributed by atoms with Crippen LogP contribution in [0.15, 0.2) is 30.4 Å². The van der Waals surface area contributed by atoms with Crippen molar-refractivity contribution < 1.29 is 10.2 Å². The molecule has 0 radical (unpaired) electrons. The quantitative estimate of drug-likeness (QED) is 0.552. The van der Waals surface area contributed by atoms with Crippen molar-refractivity contribution >= 4 is 10.8 Å². The Morgan fingerprint density at radius 2 is 2.00 bits per heavy atom. The van der Waals surface area contributed by atoms with Gasteiger partial charge >= 0.3 is 0 Å². The van der Waals surface area contributed by atoms with Crippen LogP contribution in [0.2, 0.25) is 0 Å². The lowest BCUT2D eigenvalue weighted by atomic mass is 9.82. The molecule has 2 aliphatic rings. The SMILES string of the molecule is Cc1cccc2c(O)c3c(c(O)c12)C1C=CC3(C)C1. The van der Waals surface area contributed by atoms with Gasteiger partial charge in [0.2, 0.25) is 0 Å². The summed E-state index contributed by atoms with van der Waals surface area (Å²) < 4.78 is 0. The summed E-state index contributed by atoms with van der Waals surface area (Å²) in [4.78, 5) is 0. The zero-order valence-corrected chi connectivity index (χ0v) is 11.1. The fourth-order valence-corrected chi connectivity index (χ4v) is 3.94. The largest absolute Gasteiger partial charge is 0.507 e. The molecule has 2 aromatic carbocycles. The highest BCUT2D eigenvalue weighted by molar-refractivity contribution is 5.99. The third-order valence-corrected chi connectivity index (χ3v) is 4.81. The van der Waals surface area contributed by atoms with E-state index in [-0.39, 0.29) is 11.3 Å². The number of phenolic OH excluding ortho intramolecular Hbond substituents is 2. The van der Waals surface area contributed by atoms with Crippen LogP contribution in [0.1, 0.15) is 36.0 Å². The Labute approximate surface area is 112 Å². The van der Waals surface area contributed by atoms with Crippen LogP contribution in [0, 0.1) is 6.92 Å². The van der Waals surface area contributed by atoms with Gasteiger partial charge in [-0.05, 0) is 18.9 Å².